The number of aromatic nitrogens is 1. The third kappa shape index (κ3) is 4.35. The SMILES string of the molecule is CCc1ccc(-c2csc(NC(=O)c3sc(-c4ccccc4)nc3C)c2C(=O)OC)cc1. The number of hydrogen-bond donors (Lipinski definition) is 1. The zero-order valence-electron chi connectivity index (χ0n) is 18.0. The molecular formula is C25H22N2O3S2. The van der Waals surface area contributed by atoms with Gasteiger partial charge in [0.1, 0.15) is 20.4 Å². The predicted molar refractivity (Wildman–Crippen MR) is 131 cm³/mol. The van der Waals surface area contributed by atoms with Gasteiger partial charge in [0.05, 0.1) is 12.8 Å². The lowest BCUT2D eigenvalue weighted by molar-refractivity contribution is 0.0603. The molecule has 2 aromatic heterocycles. The number of amides is 1. The second-order valence-corrected chi connectivity index (χ2v) is 9.03. The fraction of sp³-hybridized carbons (Fsp3) is 0.160. The van der Waals surface area contributed by atoms with Crippen molar-refractivity contribution in [2.24, 2.45) is 0 Å². The molecule has 0 aliphatic carbocycles. The van der Waals surface area contributed by atoms with Gasteiger partial charge in [0, 0.05) is 16.5 Å². The molecular weight excluding hydrogens is 440 g/mol. The Hall–Kier alpha value is -3.29. The van der Waals surface area contributed by atoms with Gasteiger partial charge in [-0.3, -0.25) is 4.79 Å². The number of nitrogens with one attached hydrogen (secondary N) is 1. The molecule has 7 heteroatoms. The number of carbonyl (C=O) groups is 2. The van der Waals surface area contributed by atoms with E-state index in [2.05, 4.69) is 17.2 Å². The number of nitrogens with zero attached hydrogens (tertiary/aromatic N) is 1. The van der Waals surface area contributed by atoms with Gasteiger partial charge < -0.3 is 10.1 Å². The quantitative estimate of drug-likeness (QED) is 0.334. The lowest BCUT2D eigenvalue weighted by Crippen LogP contribution is -2.14. The molecule has 0 radical (unpaired) electrons. The number of esters is 1. The van der Waals surface area contributed by atoms with Crippen molar-refractivity contribution in [3.63, 3.8) is 0 Å². The first kappa shape index (κ1) is 21.9. The normalized spacial score (nSPS) is 10.7. The smallest absolute Gasteiger partial charge is 0.341 e. The highest BCUT2D eigenvalue weighted by molar-refractivity contribution is 7.17. The molecule has 1 N–H and O–H groups in total. The average Bonchev–Trinajstić information content (AvgIpc) is 3.43. The van der Waals surface area contributed by atoms with E-state index in [1.54, 1.807) is 0 Å². The van der Waals surface area contributed by atoms with Crippen molar-refractivity contribution < 1.29 is 14.3 Å². The maximum atomic E-state index is 13.1. The van der Waals surface area contributed by atoms with E-state index >= 15 is 0 Å². The number of methoxy groups -OCH3 is 1. The minimum atomic E-state index is -0.484. The fourth-order valence-electron chi connectivity index (χ4n) is 3.36. The molecule has 1 amide bonds. The second-order valence-electron chi connectivity index (χ2n) is 7.15. The van der Waals surface area contributed by atoms with Crippen molar-refractivity contribution in [1.29, 1.82) is 0 Å². The highest BCUT2D eigenvalue weighted by atomic mass is 32.1. The third-order valence-electron chi connectivity index (χ3n) is 5.10. The van der Waals surface area contributed by atoms with Crippen LogP contribution in [0.1, 0.15) is 38.2 Å². The Morgan fingerprint density at radius 2 is 1.75 bits per heavy atom. The first-order valence-corrected chi connectivity index (χ1v) is 11.8. The molecule has 0 saturated heterocycles. The van der Waals surface area contributed by atoms with Crippen LogP contribution in [0, 0.1) is 6.92 Å². The minimum Gasteiger partial charge on any atom is -0.465 e. The maximum Gasteiger partial charge on any atom is 0.341 e. The van der Waals surface area contributed by atoms with Crippen LogP contribution in [0.25, 0.3) is 21.7 Å². The van der Waals surface area contributed by atoms with Crippen molar-refractivity contribution in [3.05, 3.63) is 81.7 Å². The molecule has 0 spiro atoms. The summed E-state index contributed by atoms with van der Waals surface area (Å²) < 4.78 is 5.02. The number of thiophene rings is 1. The molecule has 2 heterocycles. The zero-order valence-corrected chi connectivity index (χ0v) is 19.6. The Morgan fingerprint density at radius 3 is 2.41 bits per heavy atom. The summed E-state index contributed by atoms with van der Waals surface area (Å²) in [6, 6.07) is 17.8. The summed E-state index contributed by atoms with van der Waals surface area (Å²) in [5.74, 6) is -0.774. The van der Waals surface area contributed by atoms with Gasteiger partial charge in [-0.15, -0.1) is 22.7 Å². The summed E-state index contributed by atoms with van der Waals surface area (Å²) >= 11 is 2.64. The van der Waals surface area contributed by atoms with E-state index in [1.807, 2.05) is 66.9 Å². The Labute approximate surface area is 194 Å². The van der Waals surface area contributed by atoms with Crippen LogP contribution in [-0.4, -0.2) is 24.0 Å². The molecule has 0 fully saturated rings. The van der Waals surface area contributed by atoms with Crippen LogP contribution in [0.3, 0.4) is 0 Å². The Bertz CT molecular complexity index is 1260. The largest absolute Gasteiger partial charge is 0.465 e. The van der Waals surface area contributed by atoms with Crippen LogP contribution < -0.4 is 5.32 Å². The summed E-state index contributed by atoms with van der Waals surface area (Å²) in [4.78, 5) is 30.8. The minimum absolute atomic E-state index is 0.290. The topological polar surface area (TPSA) is 68.3 Å². The number of thiazole rings is 1. The van der Waals surface area contributed by atoms with Crippen LogP contribution in [0.4, 0.5) is 5.00 Å². The van der Waals surface area contributed by atoms with Crippen molar-refractivity contribution in [3.8, 4) is 21.7 Å². The predicted octanol–water partition coefficient (Wildman–Crippen LogP) is 6.45. The molecule has 4 aromatic rings. The first-order valence-electron chi connectivity index (χ1n) is 10.1. The molecule has 0 saturated carbocycles. The van der Waals surface area contributed by atoms with Gasteiger partial charge in [0.15, 0.2) is 0 Å². The van der Waals surface area contributed by atoms with Gasteiger partial charge in [-0.1, -0.05) is 61.5 Å². The number of rotatable bonds is 6. The number of hydrogen-bond acceptors (Lipinski definition) is 6. The van der Waals surface area contributed by atoms with Crippen LogP contribution in [0.2, 0.25) is 0 Å². The Balaban J connectivity index is 1.66. The van der Waals surface area contributed by atoms with E-state index in [-0.39, 0.29) is 5.91 Å². The third-order valence-corrected chi connectivity index (χ3v) is 7.21. The molecule has 0 atom stereocenters. The monoisotopic (exact) mass is 462 g/mol. The van der Waals surface area contributed by atoms with E-state index in [1.165, 1.54) is 35.3 Å². The molecule has 162 valence electrons. The summed E-state index contributed by atoms with van der Waals surface area (Å²) in [6.07, 6.45) is 0.939. The standard InChI is InChI=1S/C25H22N2O3S2/c1-4-16-10-12-17(13-11-16)19-14-31-24(20(19)25(29)30-3)27-22(28)21-15(2)26-23(32-21)18-8-6-5-7-9-18/h5-14H,4H2,1-3H3,(H,27,28). The molecule has 5 nitrogen and oxygen atoms in total. The average molecular weight is 463 g/mol. The number of aryl methyl sites for hydroxylation is 2. The molecule has 4 rings (SSSR count). The number of ether oxygens (including phenoxy) is 1. The molecule has 0 aliphatic rings. The van der Waals surface area contributed by atoms with Gasteiger partial charge in [0.2, 0.25) is 0 Å². The zero-order chi connectivity index (χ0) is 22.7. The number of carbonyl (C=O) groups excluding carboxylic acids is 2. The number of anilines is 1. The fourth-order valence-corrected chi connectivity index (χ4v) is 5.28. The van der Waals surface area contributed by atoms with Crippen LogP contribution >= 0.6 is 22.7 Å². The molecule has 0 unspecified atom stereocenters. The van der Waals surface area contributed by atoms with E-state index in [9.17, 15) is 9.59 Å². The molecule has 2 aromatic carbocycles. The molecule has 0 aliphatic heterocycles. The maximum absolute atomic E-state index is 13.1. The van der Waals surface area contributed by atoms with Crippen LogP contribution in [-0.2, 0) is 11.2 Å². The Kier molecular flexibility index (Phi) is 6.48. The van der Waals surface area contributed by atoms with Crippen LogP contribution in [0.5, 0.6) is 0 Å². The van der Waals surface area contributed by atoms with E-state index in [0.29, 0.717) is 21.1 Å². The summed E-state index contributed by atoms with van der Waals surface area (Å²) in [5.41, 5.74) is 4.83. The summed E-state index contributed by atoms with van der Waals surface area (Å²) in [7, 11) is 1.34. The van der Waals surface area contributed by atoms with E-state index < -0.39 is 5.97 Å². The van der Waals surface area contributed by atoms with E-state index in [0.717, 1.165) is 28.1 Å². The Morgan fingerprint density at radius 1 is 1.03 bits per heavy atom. The van der Waals surface area contributed by atoms with Gasteiger partial charge in [-0.2, -0.15) is 0 Å². The summed E-state index contributed by atoms with van der Waals surface area (Å²) in [5, 5.41) is 6.03. The van der Waals surface area contributed by atoms with Crippen molar-refractivity contribution in [2.45, 2.75) is 20.3 Å². The van der Waals surface area contributed by atoms with E-state index in [4.69, 9.17) is 4.74 Å². The van der Waals surface area contributed by atoms with Gasteiger partial charge in [-0.05, 0) is 24.5 Å². The summed E-state index contributed by atoms with van der Waals surface area (Å²) in [6.45, 7) is 3.91. The highest BCUT2D eigenvalue weighted by Gasteiger charge is 2.24. The highest BCUT2D eigenvalue weighted by Crippen LogP contribution is 2.37. The number of benzene rings is 2. The van der Waals surface area contributed by atoms with Crippen molar-refractivity contribution >= 4 is 39.6 Å². The van der Waals surface area contributed by atoms with Gasteiger partial charge in [0.25, 0.3) is 5.91 Å². The van der Waals surface area contributed by atoms with Crippen molar-refractivity contribution in [2.75, 3.05) is 12.4 Å². The van der Waals surface area contributed by atoms with Gasteiger partial charge >= 0.3 is 5.97 Å². The lowest BCUT2D eigenvalue weighted by atomic mass is 10.0. The molecule has 0 bridgehead atoms. The molecule has 32 heavy (non-hydrogen) atoms. The van der Waals surface area contributed by atoms with Gasteiger partial charge in [-0.25, -0.2) is 9.78 Å². The first-order chi connectivity index (χ1) is 15.5. The van der Waals surface area contributed by atoms with Crippen LogP contribution in [0.15, 0.2) is 60.0 Å². The van der Waals surface area contributed by atoms with Crippen molar-refractivity contribution in [1.82, 2.24) is 4.98 Å². The lowest BCUT2D eigenvalue weighted by Gasteiger charge is -2.08. The second kappa shape index (κ2) is 9.46.